The maximum atomic E-state index is 6.18. The lowest BCUT2D eigenvalue weighted by molar-refractivity contribution is 0.995. The molecule has 3 rings (SSSR count). The van der Waals surface area contributed by atoms with Crippen molar-refractivity contribution in [1.82, 2.24) is 9.97 Å². The van der Waals surface area contributed by atoms with Crippen LogP contribution in [0.2, 0.25) is 5.02 Å². The van der Waals surface area contributed by atoms with Crippen molar-refractivity contribution in [3.05, 3.63) is 76.4 Å². The number of halogens is 1. The predicted molar refractivity (Wildman–Crippen MR) is 105 cm³/mol. The summed E-state index contributed by atoms with van der Waals surface area (Å²) in [6.07, 6.45) is 0.945. The van der Waals surface area contributed by atoms with Gasteiger partial charge in [-0.1, -0.05) is 48.0 Å². The molecule has 3 aromatic rings. The molecule has 0 radical (unpaired) electrons. The first kappa shape index (κ1) is 17.2. The third kappa shape index (κ3) is 4.94. The molecule has 0 bridgehead atoms. The minimum Gasteiger partial charge on any atom is -0.370 e. The molecule has 0 fully saturated rings. The van der Waals surface area contributed by atoms with Gasteiger partial charge in [0.2, 0.25) is 5.95 Å². The Balaban J connectivity index is 1.66. The Kier molecular flexibility index (Phi) is 5.51. The highest BCUT2D eigenvalue weighted by Crippen LogP contribution is 2.22. The summed E-state index contributed by atoms with van der Waals surface area (Å²) in [5.41, 5.74) is 4.11. The van der Waals surface area contributed by atoms with E-state index in [-0.39, 0.29) is 0 Å². The van der Waals surface area contributed by atoms with Crippen molar-refractivity contribution >= 4 is 29.1 Å². The monoisotopic (exact) mass is 352 g/mol. The molecule has 25 heavy (non-hydrogen) atoms. The molecule has 0 amide bonds. The first-order valence-electron chi connectivity index (χ1n) is 8.27. The van der Waals surface area contributed by atoms with Crippen molar-refractivity contribution in [2.75, 3.05) is 17.2 Å². The van der Waals surface area contributed by atoms with Gasteiger partial charge in [-0.05, 0) is 43.5 Å². The lowest BCUT2D eigenvalue weighted by Crippen LogP contribution is -2.08. The van der Waals surface area contributed by atoms with Gasteiger partial charge in [-0.25, -0.2) is 4.98 Å². The molecule has 0 spiro atoms. The molecule has 0 saturated heterocycles. The van der Waals surface area contributed by atoms with Crippen LogP contribution < -0.4 is 10.6 Å². The highest BCUT2D eigenvalue weighted by Gasteiger charge is 2.04. The van der Waals surface area contributed by atoms with Crippen molar-refractivity contribution in [3.8, 4) is 0 Å². The number of rotatable bonds is 6. The van der Waals surface area contributed by atoms with Crippen molar-refractivity contribution < 1.29 is 0 Å². The number of nitrogens with one attached hydrogen (secondary N) is 2. The van der Waals surface area contributed by atoms with Gasteiger partial charge < -0.3 is 10.6 Å². The fraction of sp³-hybridized carbons (Fsp3) is 0.200. The molecule has 0 atom stereocenters. The van der Waals surface area contributed by atoms with Gasteiger partial charge in [0.15, 0.2) is 0 Å². The number of anilines is 3. The van der Waals surface area contributed by atoms with Crippen LogP contribution in [0.3, 0.4) is 0 Å². The van der Waals surface area contributed by atoms with Crippen LogP contribution in [0.4, 0.5) is 17.5 Å². The predicted octanol–water partition coefficient (Wildman–Crippen LogP) is 5.15. The molecule has 0 unspecified atom stereocenters. The Morgan fingerprint density at radius 1 is 0.960 bits per heavy atom. The molecule has 2 N–H and O–H groups in total. The van der Waals surface area contributed by atoms with E-state index in [1.807, 2.05) is 44.2 Å². The standard InChI is InChI=1S/C20H21ClN4/c1-14-8-9-17(13-18(14)21)24-20-23-15(2)12-19(25-20)22-11-10-16-6-4-3-5-7-16/h3-9,12-13H,10-11H2,1-2H3,(H2,22,23,24,25). The number of benzene rings is 2. The summed E-state index contributed by atoms with van der Waals surface area (Å²) < 4.78 is 0. The molecule has 0 aliphatic heterocycles. The zero-order valence-corrected chi connectivity index (χ0v) is 15.1. The molecular weight excluding hydrogens is 332 g/mol. The first-order valence-corrected chi connectivity index (χ1v) is 8.64. The topological polar surface area (TPSA) is 49.8 Å². The van der Waals surface area contributed by atoms with Crippen LogP contribution in [-0.4, -0.2) is 16.5 Å². The van der Waals surface area contributed by atoms with E-state index < -0.39 is 0 Å². The van der Waals surface area contributed by atoms with E-state index in [1.54, 1.807) is 0 Å². The Hall–Kier alpha value is -2.59. The molecule has 4 nitrogen and oxygen atoms in total. The van der Waals surface area contributed by atoms with Crippen molar-refractivity contribution in [3.63, 3.8) is 0 Å². The summed E-state index contributed by atoms with van der Waals surface area (Å²) in [5, 5.41) is 7.30. The van der Waals surface area contributed by atoms with Crippen LogP contribution in [-0.2, 0) is 6.42 Å². The zero-order valence-electron chi connectivity index (χ0n) is 14.4. The number of hydrogen-bond acceptors (Lipinski definition) is 4. The summed E-state index contributed by atoms with van der Waals surface area (Å²) in [7, 11) is 0. The fourth-order valence-electron chi connectivity index (χ4n) is 2.49. The normalized spacial score (nSPS) is 10.5. The van der Waals surface area contributed by atoms with E-state index >= 15 is 0 Å². The van der Waals surface area contributed by atoms with Gasteiger partial charge in [0, 0.05) is 29.0 Å². The van der Waals surface area contributed by atoms with E-state index in [4.69, 9.17) is 11.6 Å². The third-order valence-electron chi connectivity index (χ3n) is 3.84. The maximum absolute atomic E-state index is 6.18. The van der Waals surface area contributed by atoms with Gasteiger partial charge >= 0.3 is 0 Å². The largest absolute Gasteiger partial charge is 0.370 e. The van der Waals surface area contributed by atoms with Crippen LogP contribution in [0, 0.1) is 13.8 Å². The van der Waals surface area contributed by atoms with Crippen molar-refractivity contribution in [2.24, 2.45) is 0 Å². The minimum atomic E-state index is 0.558. The van der Waals surface area contributed by atoms with Crippen LogP contribution in [0.1, 0.15) is 16.8 Å². The Morgan fingerprint density at radius 3 is 2.52 bits per heavy atom. The van der Waals surface area contributed by atoms with Crippen LogP contribution in [0.15, 0.2) is 54.6 Å². The van der Waals surface area contributed by atoms with Gasteiger partial charge in [-0.2, -0.15) is 4.98 Å². The number of hydrogen-bond donors (Lipinski definition) is 2. The Morgan fingerprint density at radius 2 is 1.76 bits per heavy atom. The van der Waals surface area contributed by atoms with Gasteiger partial charge in [0.05, 0.1) is 0 Å². The van der Waals surface area contributed by atoms with Gasteiger partial charge in [-0.3, -0.25) is 0 Å². The SMILES string of the molecule is Cc1cc(NCCc2ccccc2)nc(Nc2ccc(C)c(Cl)c2)n1. The second-order valence-corrected chi connectivity index (χ2v) is 6.38. The van der Waals surface area contributed by atoms with E-state index in [1.165, 1.54) is 5.56 Å². The summed E-state index contributed by atoms with van der Waals surface area (Å²) in [4.78, 5) is 8.98. The van der Waals surface area contributed by atoms with Crippen LogP contribution >= 0.6 is 11.6 Å². The molecule has 1 heterocycles. The summed E-state index contributed by atoms with van der Waals surface area (Å²) in [6.45, 7) is 4.75. The number of aryl methyl sites for hydroxylation is 2. The molecule has 2 aromatic carbocycles. The van der Waals surface area contributed by atoms with E-state index in [2.05, 4.69) is 44.9 Å². The Labute approximate surface area is 153 Å². The second kappa shape index (κ2) is 7.99. The quantitative estimate of drug-likeness (QED) is 0.644. The lowest BCUT2D eigenvalue weighted by atomic mass is 10.1. The van der Waals surface area contributed by atoms with Crippen LogP contribution in [0.25, 0.3) is 0 Å². The summed E-state index contributed by atoms with van der Waals surface area (Å²) >= 11 is 6.18. The molecular formula is C20H21ClN4. The van der Waals surface area contributed by atoms with Crippen molar-refractivity contribution in [2.45, 2.75) is 20.3 Å². The second-order valence-electron chi connectivity index (χ2n) is 5.97. The third-order valence-corrected chi connectivity index (χ3v) is 4.25. The minimum absolute atomic E-state index is 0.558. The fourth-order valence-corrected chi connectivity index (χ4v) is 2.67. The molecule has 0 saturated carbocycles. The average molecular weight is 353 g/mol. The van der Waals surface area contributed by atoms with Crippen LogP contribution in [0.5, 0.6) is 0 Å². The van der Waals surface area contributed by atoms with E-state index in [9.17, 15) is 0 Å². The molecule has 0 aliphatic carbocycles. The van der Waals surface area contributed by atoms with Crippen molar-refractivity contribution in [1.29, 1.82) is 0 Å². The summed E-state index contributed by atoms with van der Waals surface area (Å²) in [5.74, 6) is 1.37. The zero-order chi connectivity index (χ0) is 17.6. The highest BCUT2D eigenvalue weighted by molar-refractivity contribution is 6.31. The summed E-state index contributed by atoms with van der Waals surface area (Å²) in [6, 6.07) is 18.2. The lowest BCUT2D eigenvalue weighted by Gasteiger charge is -2.11. The molecule has 5 heteroatoms. The molecule has 128 valence electrons. The number of aromatic nitrogens is 2. The van der Waals surface area contributed by atoms with E-state index in [0.29, 0.717) is 5.95 Å². The Bertz CT molecular complexity index is 850. The highest BCUT2D eigenvalue weighted by atomic mass is 35.5. The molecule has 0 aliphatic rings. The average Bonchev–Trinajstić information content (AvgIpc) is 2.59. The number of nitrogens with zero attached hydrogens (tertiary/aromatic N) is 2. The van der Waals surface area contributed by atoms with E-state index in [0.717, 1.165) is 40.8 Å². The smallest absolute Gasteiger partial charge is 0.229 e. The van der Waals surface area contributed by atoms with Gasteiger partial charge in [0.25, 0.3) is 0 Å². The maximum Gasteiger partial charge on any atom is 0.229 e. The first-order chi connectivity index (χ1) is 12.1. The molecule has 1 aromatic heterocycles. The van der Waals surface area contributed by atoms with Gasteiger partial charge in [0.1, 0.15) is 5.82 Å². The van der Waals surface area contributed by atoms with Gasteiger partial charge in [-0.15, -0.1) is 0 Å².